The maximum absolute atomic E-state index is 6.22. The fourth-order valence-electron chi connectivity index (χ4n) is 2.50. The van der Waals surface area contributed by atoms with Gasteiger partial charge in [-0.1, -0.05) is 59.7 Å². The van der Waals surface area contributed by atoms with E-state index >= 15 is 0 Å². The number of aliphatic imine (C=N–C) groups is 1. The molecule has 0 saturated heterocycles. The third kappa shape index (κ3) is 3.49. The Bertz CT molecular complexity index is 831. The van der Waals surface area contributed by atoms with Gasteiger partial charge >= 0.3 is 0 Å². The smallest absolute Gasteiger partial charge is 0.0802 e. The molecular weight excluding hydrogens is 280 g/mol. The number of hydrogen-bond acceptors (Lipinski definition) is 2. The van der Waals surface area contributed by atoms with Gasteiger partial charge in [0.1, 0.15) is 0 Å². The van der Waals surface area contributed by atoms with Crippen molar-refractivity contribution in [2.24, 2.45) is 4.99 Å². The molecule has 0 amide bonds. The van der Waals surface area contributed by atoms with Crippen LogP contribution in [0.25, 0.3) is 0 Å². The van der Waals surface area contributed by atoms with Crippen LogP contribution in [-0.2, 0) is 0 Å². The molecule has 0 aromatic heterocycles. The Labute approximate surface area is 137 Å². The van der Waals surface area contributed by atoms with Crippen molar-refractivity contribution in [3.05, 3.63) is 95.1 Å². The van der Waals surface area contributed by atoms with Crippen LogP contribution in [0.5, 0.6) is 0 Å². The van der Waals surface area contributed by atoms with Crippen LogP contribution in [-0.4, -0.2) is 5.71 Å². The van der Waals surface area contributed by atoms with E-state index in [1.807, 2.05) is 42.5 Å². The maximum Gasteiger partial charge on any atom is 0.0802 e. The van der Waals surface area contributed by atoms with Crippen LogP contribution in [0, 0.1) is 13.8 Å². The first-order chi connectivity index (χ1) is 11.1. The summed E-state index contributed by atoms with van der Waals surface area (Å²) in [5.41, 5.74) is 13.2. The molecule has 2 nitrogen and oxygen atoms in total. The fraction of sp³-hybridized carbons (Fsp3) is 0.0952. The summed E-state index contributed by atoms with van der Waals surface area (Å²) in [5, 5.41) is 0. The SMILES string of the molecule is Cc1ccc(N=C(c2ccccc2)c2cc(C)ccc2N)cc1. The Balaban J connectivity index is 2.18. The zero-order chi connectivity index (χ0) is 16.2. The van der Waals surface area contributed by atoms with Gasteiger partial charge in [-0.2, -0.15) is 0 Å². The summed E-state index contributed by atoms with van der Waals surface area (Å²) in [4.78, 5) is 4.88. The Morgan fingerprint density at radius 1 is 0.783 bits per heavy atom. The lowest BCUT2D eigenvalue weighted by molar-refractivity contribution is 1.41. The van der Waals surface area contributed by atoms with Gasteiger partial charge in [-0.25, -0.2) is 4.99 Å². The van der Waals surface area contributed by atoms with Crippen LogP contribution in [0.15, 0.2) is 77.8 Å². The molecule has 0 atom stereocenters. The van der Waals surface area contributed by atoms with Crippen molar-refractivity contribution in [2.45, 2.75) is 13.8 Å². The first-order valence-electron chi connectivity index (χ1n) is 7.71. The van der Waals surface area contributed by atoms with Crippen molar-refractivity contribution < 1.29 is 0 Å². The summed E-state index contributed by atoms with van der Waals surface area (Å²) in [6, 6.07) is 24.4. The highest BCUT2D eigenvalue weighted by Gasteiger charge is 2.11. The Kier molecular flexibility index (Phi) is 4.24. The van der Waals surface area contributed by atoms with Gasteiger partial charge in [-0.05, 0) is 38.1 Å². The van der Waals surface area contributed by atoms with Crippen LogP contribution in [0.2, 0.25) is 0 Å². The zero-order valence-corrected chi connectivity index (χ0v) is 13.5. The van der Waals surface area contributed by atoms with Crippen LogP contribution < -0.4 is 5.73 Å². The molecule has 0 fully saturated rings. The lowest BCUT2D eigenvalue weighted by atomic mass is 9.99. The summed E-state index contributed by atoms with van der Waals surface area (Å²) >= 11 is 0. The van der Waals surface area contributed by atoms with Gasteiger partial charge in [0.05, 0.1) is 11.4 Å². The number of aryl methyl sites for hydroxylation is 2. The molecule has 0 aliphatic heterocycles. The number of benzene rings is 3. The van der Waals surface area contributed by atoms with E-state index in [0.29, 0.717) is 0 Å². The van der Waals surface area contributed by atoms with E-state index in [0.717, 1.165) is 28.2 Å². The standard InChI is InChI=1S/C21H20N2/c1-15-8-11-18(12-9-15)23-21(17-6-4-3-5-7-17)19-14-16(2)10-13-20(19)22/h3-14H,22H2,1-2H3. The minimum atomic E-state index is 0.741. The molecule has 114 valence electrons. The average molecular weight is 300 g/mol. The van der Waals surface area contributed by atoms with E-state index in [1.165, 1.54) is 11.1 Å². The first-order valence-corrected chi connectivity index (χ1v) is 7.71. The molecular formula is C21H20N2. The van der Waals surface area contributed by atoms with Crippen molar-refractivity contribution in [3.8, 4) is 0 Å². The minimum absolute atomic E-state index is 0.741. The van der Waals surface area contributed by atoms with Crippen LogP contribution >= 0.6 is 0 Å². The molecule has 0 unspecified atom stereocenters. The van der Waals surface area contributed by atoms with E-state index in [-0.39, 0.29) is 0 Å². The van der Waals surface area contributed by atoms with E-state index in [4.69, 9.17) is 10.7 Å². The van der Waals surface area contributed by atoms with Crippen LogP contribution in [0.4, 0.5) is 11.4 Å². The first kappa shape index (κ1) is 15.0. The lowest BCUT2D eigenvalue weighted by Gasteiger charge is -2.11. The second-order valence-corrected chi connectivity index (χ2v) is 5.75. The van der Waals surface area contributed by atoms with Gasteiger partial charge in [-0.15, -0.1) is 0 Å². The molecule has 3 aromatic carbocycles. The van der Waals surface area contributed by atoms with E-state index in [1.54, 1.807) is 0 Å². The number of anilines is 1. The summed E-state index contributed by atoms with van der Waals surface area (Å²) in [6.45, 7) is 4.14. The van der Waals surface area contributed by atoms with Gasteiger partial charge in [-0.3, -0.25) is 0 Å². The topological polar surface area (TPSA) is 38.4 Å². The number of nitrogen functional groups attached to an aromatic ring is 1. The highest BCUT2D eigenvalue weighted by molar-refractivity contribution is 6.16. The van der Waals surface area contributed by atoms with E-state index < -0.39 is 0 Å². The minimum Gasteiger partial charge on any atom is -0.398 e. The molecule has 2 N–H and O–H groups in total. The molecule has 2 heteroatoms. The summed E-state index contributed by atoms with van der Waals surface area (Å²) in [7, 11) is 0. The average Bonchev–Trinajstić information content (AvgIpc) is 2.57. The summed E-state index contributed by atoms with van der Waals surface area (Å²) < 4.78 is 0. The second-order valence-electron chi connectivity index (χ2n) is 5.75. The molecule has 0 aliphatic rings. The fourth-order valence-corrected chi connectivity index (χ4v) is 2.50. The highest BCUT2D eigenvalue weighted by atomic mass is 14.8. The number of hydrogen-bond donors (Lipinski definition) is 1. The van der Waals surface area contributed by atoms with Crippen molar-refractivity contribution in [2.75, 3.05) is 5.73 Å². The van der Waals surface area contributed by atoms with Crippen molar-refractivity contribution in [3.63, 3.8) is 0 Å². The quantitative estimate of drug-likeness (QED) is 0.533. The monoisotopic (exact) mass is 300 g/mol. The predicted octanol–water partition coefficient (Wildman–Crippen LogP) is 5.05. The normalized spacial score (nSPS) is 11.5. The number of rotatable bonds is 3. The molecule has 0 aliphatic carbocycles. The number of nitrogens with zero attached hydrogens (tertiary/aromatic N) is 1. The van der Waals surface area contributed by atoms with E-state index in [2.05, 4.69) is 44.2 Å². The lowest BCUT2D eigenvalue weighted by Crippen LogP contribution is -2.07. The van der Waals surface area contributed by atoms with Crippen LogP contribution in [0.1, 0.15) is 22.3 Å². The number of nitrogens with two attached hydrogens (primary N) is 1. The molecule has 0 bridgehead atoms. The Morgan fingerprint density at radius 2 is 1.43 bits per heavy atom. The Hall–Kier alpha value is -2.87. The molecule has 0 radical (unpaired) electrons. The molecule has 0 saturated carbocycles. The largest absolute Gasteiger partial charge is 0.398 e. The molecule has 0 spiro atoms. The van der Waals surface area contributed by atoms with Gasteiger partial charge < -0.3 is 5.73 Å². The molecule has 3 rings (SSSR count). The predicted molar refractivity (Wildman–Crippen MR) is 98.5 cm³/mol. The second kappa shape index (κ2) is 6.49. The van der Waals surface area contributed by atoms with Crippen LogP contribution in [0.3, 0.4) is 0 Å². The zero-order valence-electron chi connectivity index (χ0n) is 13.5. The van der Waals surface area contributed by atoms with Crippen molar-refractivity contribution in [1.29, 1.82) is 0 Å². The summed E-state index contributed by atoms with van der Waals surface area (Å²) in [5.74, 6) is 0. The van der Waals surface area contributed by atoms with Gasteiger partial charge in [0.2, 0.25) is 0 Å². The maximum atomic E-state index is 6.22. The van der Waals surface area contributed by atoms with Gasteiger partial charge in [0.15, 0.2) is 0 Å². The highest BCUT2D eigenvalue weighted by Crippen LogP contribution is 2.23. The van der Waals surface area contributed by atoms with Crippen molar-refractivity contribution >= 4 is 17.1 Å². The Morgan fingerprint density at radius 3 is 2.13 bits per heavy atom. The molecule has 3 aromatic rings. The third-order valence-corrected chi connectivity index (χ3v) is 3.79. The van der Waals surface area contributed by atoms with Crippen molar-refractivity contribution in [1.82, 2.24) is 0 Å². The van der Waals surface area contributed by atoms with Gasteiger partial charge in [0.25, 0.3) is 0 Å². The molecule has 23 heavy (non-hydrogen) atoms. The molecule has 0 heterocycles. The third-order valence-electron chi connectivity index (χ3n) is 3.79. The summed E-state index contributed by atoms with van der Waals surface area (Å²) in [6.07, 6.45) is 0. The van der Waals surface area contributed by atoms with Gasteiger partial charge in [0, 0.05) is 16.8 Å². The van der Waals surface area contributed by atoms with E-state index in [9.17, 15) is 0 Å².